The number of carbonyl (C=O) groups excluding carboxylic acids is 1. The van der Waals surface area contributed by atoms with Crippen molar-refractivity contribution in [3.05, 3.63) is 29.6 Å². The Bertz CT molecular complexity index is 465. The van der Waals surface area contributed by atoms with Crippen molar-refractivity contribution >= 4 is 5.91 Å². The second-order valence-electron chi connectivity index (χ2n) is 4.73. The molecule has 1 aliphatic heterocycles. The number of amides is 1. The van der Waals surface area contributed by atoms with Gasteiger partial charge in [-0.05, 0) is 38.1 Å². The number of methoxy groups -OCH3 is 1. The van der Waals surface area contributed by atoms with Gasteiger partial charge in [0, 0.05) is 24.7 Å². The van der Waals surface area contributed by atoms with Crippen LogP contribution < -0.4 is 10.1 Å². The molecule has 4 nitrogen and oxygen atoms in total. The minimum atomic E-state index is -0.504. The first-order chi connectivity index (χ1) is 9.15. The van der Waals surface area contributed by atoms with Crippen molar-refractivity contribution in [2.75, 3.05) is 27.2 Å². The Morgan fingerprint density at radius 2 is 2.32 bits per heavy atom. The Morgan fingerprint density at radius 3 is 2.95 bits per heavy atom. The van der Waals surface area contributed by atoms with Crippen LogP contribution in [0.4, 0.5) is 4.39 Å². The molecule has 1 aromatic carbocycles. The highest BCUT2D eigenvalue weighted by molar-refractivity contribution is 5.94. The molecule has 1 aliphatic rings. The van der Waals surface area contributed by atoms with Gasteiger partial charge in [0.15, 0.2) is 11.6 Å². The van der Waals surface area contributed by atoms with Gasteiger partial charge >= 0.3 is 0 Å². The number of rotatable bonds is 3. The average Bonchev–Trinajstić information content (AvgIpc) is 2.46. The van der Waals surface area contributed by atoms with E-state index >= 15 is 0 Å². The van der Waals surface area contributed by atoms with Gasteiger partial charge in [-0.25, -0.2) is 4.39 Å². The number of carbonyl (C=O) groups is 1. The fourth-order valence-corrected chi connectivity index (χ4v) is 2.38. The van der Waals surface area contributed by atoms with Crippen LogP contribution in [0.3, 0.4) is 0 Å². The highest BCUT2D eigenvalue weighted by Gasteiger charge is 2.24. The molecule has 0 spiro atoms. The summed E-state index contributed by atoms with van der Waals surface area (Å²) in [6, 6.07) is 4.65. The maximum atomic E-state index is 13.6. The van der Waals surface area contributed by atoms with Crippen molar-refractivity contribution < 1.29 is 13.9 Å². The van der Waals surface area contributed by atoms with Crippen LogP contribution in [0.15, 0.2) is 18.2 Å². The maximum Gasteiger partial charge on any atom is 0.254 e. The molecule has 1 aromatic rings. The van der Waals surface area contributed by atoms with Crippen LogP contribution in [-0.2, 0) is 0 Å². The third-order valence-electron chi connectivity index (χ3n) is 3.52. The zero-order chi connectivity index (χ0) is 13.8. The third kappa shape index (κ3) is 3.04. The number of piperidine rings is 1. The SMILES string of the molecule is CNC1CCCN(C(=O)c2ccc(OC)c(F)c2)C1. The van der Waals surface area contributed by atoms with Gasteiger partial charge in [0.2, 0.25) is 0 Å². The van der Waals surface area contributed by atoms with Gasteiger partial charge in [-0.2, -0.15) is 0 Å². The van der Waals surface area contributed by atoms with Crippen molar-refractivity contribution in [2.45, 2.75) is 18.9 Å². The Balaban J connectivity index is 2.12. The van der Waals surface area contributed by atoms with Crippen molar-refractivity contribution in [3.8, 4) is 5.75 Å². The van der Waals surface area contributed by atoms with E-state index in [1.54, 1.807) is 11.0 Å². The van der Waals surface area contributed by atoms with Crippen LogP contribution in [0.1, 0.15) is 23.2 Å². The molecule has 5 heteroatoms. The quantitative estimate of drug-likeness (QED) is 0.904. The van der Waals surface area contributed by atoms with E-state index < -0.39 is 5.82 Å². The summed E-state index contributed by atoms with van der Waals surface area (Å²) >= 11 is 0. The molecule has 1 saturated heterocycles. The fraction of sp³-hybridized carbons (Fsp3) is 0.500. The van der Waals surface area contributed by atoms with E-state index in [1.165, 1.54) is 19.2 Å². The van der Waals surface area contributed by atoms with E-state index in [0.717, 1.165) is 19.4 Å². The predicted octanol–water partition coefficient (Wildman–Crippen LogP) is 1.66. The number of ether oxygens (including phenoxy) is 1. The molecule has 0 saturated carbocycles. The van der Waals surface area contributed by atoms with E-state index in [9.17, 15) is 9.18 Å². The normalized spacial score (nSPS) is 19.3. The van der Waals surface area contributed by atoms with Crippen LogP contribution >= 0.6 is 0 Å². The summed E-state index contributed by atoms with van der Waals surface area (Å²) in [5.41, 5.74) is 0.370. The Kier molecular flexibility index (Phi) is 4.37. The van der Waals surface area contributed by atoms with Crippen LogP contribution in [-0.4, -0.2) is 44.1 Å². The van der Waals surface area contributed by atoms with Gasteiger partial charge in [0.1, 0.15) is 0 Å². The molecule has 1 unspecified atom stereocenters. The monoisotopic (exact) mass is 266 g/mol. The number of benzene rings is 1. The van der Waals surface area contributed by atoms with E-state index in [4.69, 9.17) is 4.74 Å². The highest BCUT2D eigenvalue weighted by atomic mass is 19.1. The number of likely N-dealkylation sites (N-methyl/N-ethyl adjacent to an activating group) is 1. The Morgan fingerprint density at radius 1 is 1.53 bits per heavy atom. The summed E-state index contributed by atoms with van der Waals surface area (Å²) in [6.07, 6.45) is 2.03. The molecule has 1 heterocycles. The van der Waals surface area contributed by atoms with E-state index in [1.807, 2.05) is 7.05 Å². The molecule has 0 radical (unpaired) electrons. The first-order valence-electron chi connectivity index (χ1n) is 6.45. The van der Waals surface area contributed by atoms with E-state index in [-0.39, 0.29) is 11.7 Å². The number of nitrogens with zero attached hydrogens (tertiary/aromatic N) is 1. The number of hydrogen-bond donors (Lipinski definition) is 1. The standard InChI is InChI=1S/C14H19FN2O2/c1-16-11-4-3-7-17(9-11)14(18)10-5-6-13(19-2)12(15)8-10/h5-6,8,11,16H,3-4,7,9H2,1-2H3. The molecule has 104 valence electrons. The molecule has 1 amide bonds. The summed E-state index contributed by atoms with van der Waals surface area (Å²) in [5, 5.41) is 3.18. The molecular weight excluding hydrogens is 247 g/mol. The minimum Gasteiger partial charge on any atom is -0.494 e. The van der Waals surface area contributed by atoms with Crippen LogP contribution in [0.25, 0.3) is 0 Å². The third-order valence-corrected chi connectivity index (χ3v) is 3.52. The fourth-order valence-electron chi connectivity index (χ4n) is 2.38. The maximum absolute atomic E-state index is 13.6. The van der Waals surface area contributed by atoms with Crippen LogP contribution in [0.2, 0.25) is 0 Å². The first-order valence-corrected chi connectivity index (χ1v) is 6.45. The lowest BCUT2D eigenvalue weighted by molar-refractivity contribution is 0.0697. The molecular formula is C14H19FN2O2. The second-order valence-corrected chi connectivity index (χ2v) is 4.73. The number of halogens is 1. The van der Waals surface area contributed by atoms with Gasteiger partial charge in [-0.15, -0.1) is 0 Å². The Hall–Kier alpha value is -1.62. The zero-order valence-corrected chi connectivity index (χ0v) is 11.3. The van der Waals surface area contributed by atoms with Gasteiger partial charge in [-0.3, -0.25) is 4.79 Å². The van der Waals surface area contributed by atoms with Crippen LogP contribution in [0.5, 0.6) is 5.75 Å². The van der Waals surface area contributed by atoms with Crippen molar-refractivity contribution in [1.29, 1.82) is 0 Å². The van der Waals surface area contributed by atoms with Gasteiger partial charge < -0.3 is 15.0 Å². The average molecular weight is 266 g/mol. The number of nitrogens with one attached hydrogen (secondary N) is 1. The molecule has 0 bridgehead atoms. The first kappa shape index (κ1) is 13.8. The van der Waals surface area contributed by atoms with Crippen LogP contribution in [0, 0.1) is 5.82 Å². The summed E-state index contributed by atoms with van der Waals surface area (Å²) in [7, 11) is 3.30. The lowest BCUT2D eigenvalue weighted by Gasteiger charge is -2.32. The van der Waals surface area contributed by atoms with Gasteiger partial charge in [-0.1, -0.05) is 0 Å². The summed E-state index contributed by atoms with van der Waals surface area (Å²) in [4.78, 5) is 14.1. The topological polar surface area (TPSA) is 41.6 Å². The largest absolute Gasteiger partial charge is 0.494 e. The lowest BCUT2D eigenvalue weighted by atomic mass is 10.0. The second kappa shape index (κ2) is 6.02. The van der Waals surface area contributed by atoms with Crippen molar-refractivity contribution in [3.63, 3.8) is 0 Å². The molecule has 1 N–H and O–H groups in total. The van der Waals surface area contributed by atoms with Gasteiger partial charge in [0.05, 0.1) is 7.11 Å². The highest BCUT2D eigenvalue weighted by Crippen LogP contribution is 2.20. The molecule has 2 rings (SSSR count). The van der Waals surface area contributed by atoms with Crippen molar-refractivity contribution in [1.82, 2.24) is 10.2 Å². The smallest absolute Gasteiger partial charge is 0.254 e. The zero-order valence-electron chi connectivity index (χ0n) is 11.3. The number of likely N-dealkylation sites (tertiary alicyclic amines) is 1. The molecule has 0 aliphatic carbocycles. The van der Waals surface area contributed by atoms with Gasteiger partial charge in [0.25, 0.3) is 5.91 Å². The number of hydrogen-bond acceptors (Lipinski definition) is 3. The summed E-state index contributed by atoms with van der Waals surface area (Å²) in [5.74, 6) is -0.472. The minimum absolute atomic E-state index is 0.124. The molecule has 1 atom stereocenters. The molecule has 19 heavy (non-hydrogen) atoms. The predicted molar refractivity (Wildman–Crippen MR) is 70.9 cm³/mol. The molecule has 0 aromatic heterocycles. The summed E-state index contributed by atoms with van der Waals surface area (Å²) in [6.45, 7) is 1.40. The van der Waals surface area contributed by atoms with Crippen molar-refractivity contribution in [2.24, 2.45) is 0 Å². The Labute approximate surface area is 112 Å². The lowest BCUT2D eigenvalue weighted by Crippen LogP contribution is -2.46. The molecule has 1 fully saturated rings. The summed E-state index contributed by atoms with van der Waals surface area (Å²) < 4.78 is 18.5. The van der Waals surface area contributed by atoms with E-state index in [2.05, 4.69) is 5.32 Å². The van der Waals surface area contributed by atoms with E-state index in [0.29, 0.717) is 18.2 Å².